The topological polar surface area (TPSA) is 26.3 Å². The summed E-state index contributed by atoms with van der Waals surface area (Å²) in [6, 6.07) is 0. The summed E-state index contributed by atoms with van der Waals surface area (Å²) in [5.41, 5.74) is 2.66. The Labute approximate surface area is 112 Å². The van der Waals surface area contributed by atoms with Gasteiger partial charge in [0.15, 0.2) is 0 Å². The molecule has 0 rings (SSSR count). The van der Waals surface area contributed by atoms with Gasteiger partial charge in [-0.25, -0.2) is 0 Å². The van der Waals surface area contributed by atoms with E-state index in [0.29, 0.717) is 0 Å². The molecule has 0 aliphatic rings. The molecule has 18 heavy (non-hydrogen) atoms. The summed E-state index contributed by atoms with van der Waals surface area (Å²) in [7, 11) is 1.76. The van der Waals surface area contributed by atoms with Crippen LogP contribution in [-0.4, -0.2) is 19.5 Å². The Hall–Kier alpha value is -0.890. The lowest BCUT2D eigenvalue weighted by atomic mass is 10.0. The maximum Gasteiger partial charge on any atom is 0.122 e. The van der Waals surface area contributed by atoms with Crippen LogP contribution in [0.5, 0.6) is 0 Å². The molecule has 104 valence electrons. The molecule has 2 unspecified atom stereocenters. The van der Waals surface area contributed by atoms with E-state index >= 15 is 0 Å². The van der Waals surface area contributed by atoms with Gasteiger partial charge in [-0.05, 0) is 52.0 Å². The highest BCUT2D eigenvalue weighted by Gasteiger charge is 2.07. The van der Waals surface area contributed by atoms with E-state index in [4.69, 9.17) is 4.74 Å². The van der Waals surface area contributed by atoms with E-state index < -0.39 is 0 Å². The van der Waals surface area contributed by atoms with Gasteiger partial charge in [-0.1, -0.05) is 24.6 Å². The number of hydrogen-bond donors (Lipinski definition) is 0. The van der Waals surface area contributed by atoms with E-state index in [0.717, 1.165) is 32.0 Å². The molecule has 2 heteroatoms. The van der Waals surface area contributed by atoms with E-state index in [9.17, 15) is 4.79 Å². The second-order valence-corrected chi connectivity index (χ2v) is 5.05. The first-order valence-corrected chi connectivity index (χ1v) is 6.81. The lowest BCUT2D eigenvalue weighted by Crippen LogP contribution is -2.10. The molecule has 0 N–H and O–H groups in total. The summed E-state index contributed by atoms with van der Waals surface area (Å²) >= 11 is 0. The molecule has 0 saturated carbocycles. The first-order chi connectivity index (χ1) is 8.54. The summed E-state index contributed by atoms with van der Waals surface area (Å²) in [5.74, 6) is 0.190. The fourth-order valence-corrected chi connectivity index (χ4v) is 1.84. The van der Waals surface area contributed by atoms with E-state index in [1.807, 2.05) is 13.8 Å². The SMILES string of the molecule is C/C=C(\C)C(C/C=C(/C)CCCC(C)C=O)OC. The standard InChI is InChI=1S/C16H28O2/c1-6-15(4)16(18-5)11-10-13(2)8-7-9-14(3)12-17/h6,10,12,14,16H,7-9,11H2,1-5H3/b13-10-,15-6+. The normalized spacial score (nSPS) is 16.5. The zero-order valence-corrected chi connectivity index (χ0v) is 12.5. The van der Waals surface area contributed by atoms with Crippen LogP contribution in [0, 0.1) is 5.92 Å². The van der Waals surface area contributed by atoms with Gasteiger partial charge < -0.3 is 9.53 Å². The van der Waals surface area contributed by atoms with Crippen molar-refractivity contribution >= 4 is 6.29 Å². The highest BCUT2D eigenvalue weighted by Crippen LogP contribution is 2.15. The molecule has 0 aromatic heterocycles. The Morgan fingerprint density at radius 2 is 2.00 bits per heavy atom. The number of aldehydes is 1. The third-order valence-electron chi connectivity index (χ3n) is 3.39. The molecule has 0 amide bonds. The minimum absolute atomic E-state index is 0.190. The van der Waals surface area contributed by atoms with E-state index in [1.165, 1.54) is 11.1 Å². The van der Waals surface area contributed by atoms with Crippen LogP contribution < -0.4 is 0 Å². The molecule has 0 radical (unpaired) electrons. The molecule has 0 saturated heterocycles. The largest absolute Gasteiger partial charge is 0.377 e. The number of ether oxygens (including phenoxy) is 1. The van der Waals surface area contributed by atoms with Crippen molar-refractivity contribution in [3.05, 3.63) is 23.3 Å². The summed E-state index contributed by atoms with van der Waals surface area (Å²) in [5, 5.41) is 0. The van der Waals surface area contributed by atoms with Gasteiger partial charge in [0, 0.05) is 13.0 Å². The predicted octanol–water partition coefficient (Wildman–Crippen LogP) is 4.31. The number of rotatable bonds is 9. The Bertz CT molecular complexity index is 289. The number of allylic oxidation sites excluding steroid dienone is 2. The van der Waals surface area contributed by atoms with Gasteiger partial charge in [-0.2, -0.15) is 0 Å². The van der Waals surface area contributed by atoms with Crippen molar-refractivity contribution in [1.29, 1.82) is 0 Å². The first kappa shape index (κ1) is 17.1. The van der Waals surface area contributed by atoms with Gasteiger partial charge in [-0.3, -0.25) is 0 Å². The number of hydrogen-bond acceptors (Lipinski definition) is 2. The highest BCUT2D eigenvalue weighted by atomic mass is 16.5. The van der Waals surface area contributed by atoms with Gasteiger partial charge in [0.2, 0.25) is 0 Å². The molecule has 2 nitrogen and oxygen atoms in total. The van der Waals surface area contributed by atoms with Gasteiger partial charge in [0.1, 0.15) is 6.29 Å². The van der Waals surface area contributed by atoms with Crippen LogP contribution in [-0.2, 0) is 9.53 Å². The molecular weight excluding hydrogens is 224 g/mol. The number of carbonyl (C=O) groups is 1. The molecule has 0 spiro atoms. The van der Waals surface area contributed by atoms with Crippen LogP contribution in [0.15, 0.2) is 23.3 Å². The molecule has 0 aliphatic heterocycles. The molecule has 0 aromatic carbocycles. The van der Waals surface area contributed by atoms with Crippen molar-refractivity contribution in [1.82, 2.24) is 0 Å². The van der Waals surface area contributed by atoms with Crippen molar-refractivity contribution in [3.63, 3.8) is 0 Å². The van der Waals surface area contributed by atoms with Crippen LogP contribution in [0.1, 0.15) is 53.4 Å². The second kappa shape index (κ2) is 10.1. The second-order valence-electron chi connectivity index (χ2n) is 5.05. The van der Waals surface area contributed by atoms with Crippen LogP contribution in [0.3, 0.4) is 0 Å². The molecule has 0 fully saturated rings. The highest BCUT2D eigenvalue weighted by molar-refractivity contribution is 5.52. The smallest absolute Gasteiger partial charge is 0.122 e. The monoisotopic (exact) mass is 252 g/mol. The summed E-state index contributed by atoms with van der Waals surface area (Å²) in [6.45, 7) is 8.27. The Balaban J connectivity index is 4.06. The maximum absolute atomic E-state index is 10.5. The molecule has 0 aliphatic carbocycles. The molecule has 0 aromatic rings. The lowest BCUT2D eigenvalue weighted by molar-refractivity contribution is -0.110. The van der Waals surface area contributed by atoms with Crippen LogP contribution in [0.4, 0.5) is 0 Å². The van der Waals surface area contributed by atoms with E-state index in [1.54, 1.807) is 7.11 Å². The van der Waals surface area contributed by atoms with Crippen LogP contribution in [0.25, 0.3) is 0 Å². The van der Waals surface area contributed by atoms with Gasteiger partial charge in [0.05, 0.1) is 6.10 Å². The summed E-state index contributed by atoms with van der Waals surface area (Å²) in [4.78, 5) is 10.5. The predicted molar refractivity (Wildman–Crippen MR) is 77.7 cm³/mol. The van der Waals surface area contributed by atoms with Crippen molar-refractivity contribution in [2.24, 2.45) is 5.92 Å². The van der Waals surface area contributed by atoms with Crippen molar-refractivity contribution in [2.45, 2.75) is 59.5 Å². The Kier molecular flexibility index (Phi) is 9.57. The first-order valence-electron chi connectivity index (χ1n) is 6.81. The van der Waals surface area contributed by atoms with Crippen LogP contribution in [0.2, 0.25) is 0 Å². The van der Waals surface area contributed by atoms with E-state index in [-0.39, 0.29) is 12.0 Å². The molecule has 0 heterocycles. The fourth-order valence-electron chi connectivity index (χ4n) is 1.84. The average Bonchev–Trinajstić information content (AvgIpc) is 2.38. The van der Waals surface area contributed by atoms with Gasteiger partial charge in [-0.15, -0.1) is 0 Å². The minimum Gasteiger partial charge on any atom is -0.377 e. The average molecular weight is 252 g/mol. The Morgan fingerprint density at radius 1 is 1.33 bits per heavy atom. The summed E-state index contributed by atoms with van der Waals surface area (Å²) < 4.78 is 5.45. The lowest BCUT2D eigenvalue weighted by Gasteiger charge is -2.14. The third kappa shape index (κ3) is 7.44. The van der Waals surface area contributed by atoms with Crippen LogP contribution >= 0.6 is 0 Å². The molecular formula is C16H28O2. The van der Waals surface area contributed by atoms with Gasteiger partial charge in [0.25, 0.3) is 0 Å². The maximum atomic E-state index is 10.5. The molecule has 2 atom stereocenters. The zero-order chi connectivity index (χ0) is 14.0. The quantitative estimate of drug-likeness (QED) is 0.451. The molecule has 0 bridgehead atoms. The third-order valence-corrected chi connectivity index (χ3v) is 3.39. The summed E-state index contributed by atoms with van der Waals surface area (Å²) in [6.07, 6.45) is 9.66. The van der Waals surface area contributed by atoms with Crippen molar-refractivity contribution < 1.29 is 9.53 Å². The number of methoxy groups -OCH3 is 1. The zero-order valence-electron chi connectivity index (χ0n) is 12.5. The minimum atomic E-state index is 0.190. The van der Waals surface area contributed by atoms with Crippen molar-refractivity contribution in [3.8, 4) is 0 Å². The fraction of sp³-hybridized carbons (Fsp3) is 0.688. The van der Waals surface area contributed by atoms with Crippen molar-refractivity contribution in [2.75, 3.05) is 7.11 Å². The van der Waals surface area contributed by atoms with E-state index in [2.05, 4.69) is 26.0 Å². The number of carbonyl (C=O) groups excluding carboxylic acids is 1. The Morgan fingerprint density at radius 3 is 2.50 bits per heavy atom. The van der Waals surface area contributed by atoms with Gasteiger partial charge >= 0.3 is 0 Å².